The summed E-state index contributed by atoms with van der Waals surface area (Å²) in [4.78, 5) is 4.77. The van der Waals surface area contributed by atoms with Gasteiger partial charge in [-0.15, -0.1) is 5.10 Å². The van der Waals surface area contributed by atoms with Crippen molar-refractivity contribution in [2.24, 2.45) is 0 Å². The predicted octanol–water partition coefficient (Wildman–Crippen LogP) is 5.69. The van der Waals surface area contributed by atoms with Gasteiger partial charge in [-0.2, -0.15) is 0 Å². The Morgan fingerprint density at radius 3 is 2.31 bits per heavy atom. The normalized spacial score (nSPS) is 11.7. The summed E-state index contributed by atoms with van der Waals surface area (Å²) in [6.07, 6.45) is 0. The van der Waals surface area contributed by atoms with E-state index >= 15 is 0 Å². The fraction of sp³-hybridized carbons (Fsp3) is 0.300. The molecular formula is C20H24BrN3OSi. The van der Waals surface area contributed by atoms with Crippen molar-refractivity contribution < 1.29 is 4.74 Å². The van der Waals surface area contributed by atoms with Gasteiger partial charge in [-0.3, -0.25) is 0 Å². The summed E-state index contributed by atoms with van der Waals surface area (Å²) < 4.78 is 8.81. The van der Waals surface area contributed by atoms with Crippen LogP contribution in [0.1, 0.15) is 0 Å². The van der Waals surface area contributed by atoms with Crippen LogP contribution in [0.25, 0.3) is 22.8 Å². The van der Waals surface area contributed by atoms with E-state index in [1.54, 1.807) is 0 Å². The Bertz CT molecular complexity index is 842. The van der Waals surface area contributed by atoms with Gasteiger partial charge >= 0.3 is 0 Å². The Kier molecular flexibility index (Phi) is 6.06. The zero-order valence-electron chi connectivity index (χ0n) is 15.4. The predicted molar refractivity (Wildman–Crippen MR) is 113 cm³/mol. The van der Waals surface area contributed by atoms with Crippen LogP contribution < -0.4 is 0 Å². The number of rotatable bonds is 7. The molecular weight excluding hydrogens is 406 g/mol. The van der Waals surface area contributed by atoms with Crippen molar-refractivity contribution >= 4 is 24.0 Å². The van der Waals surface area contributed by atoms with Crippen LogP contribution in [-0.4, -0.2) is 29.4 Å². The molecule has 0 amide bonds. The number of halogens is 1. The number of aromatic nitrogens is 3. The molecule has 6 heteroatoms. The molecule has 0 spiro atoms. The minimum atomic E-state index is -1.10. The van der Waals surface area contributed by atoms with Gasteiger partial charge in [0.25, 0.3) is 0 Å². The fourth-order valence-electron chi connectivity index (χ4n) is 2.48. The second-order valence-corrected chi connectivity index (χ2v) is 14.0. The maximum absolute atomic E-state index is 5.91. The molecule has 0 fully saturated rings. The first-order valence-corrected chi connectivity index (χ1v) is 13.3. The lowest BCUT2D eigenvalue weighted by Crippen LogP contribution is -2.22. The van der Waals surface area contributed by atoms with Crippen molar-refractivity contribution in [1.29, 1.82) is 0 Å². The maximum Gasteiger partial charge on any atom is 0.181 e. The Morgan fingerprint density at radius 1 is 0.962 bits per heavy atom. The van der Waals surface area contributed by atoms with Crippen LogP contribution in [0, 0.1) is 0 Å². The van der Waals surface area contributed by atoms with Gasteiger partial charge in [-0.05, 0) is 18.2 Å². The number of ether oxygens (including phenoxy) is 1. The van der Waals surface area contributed by atoms with Gasteiger partial charge in [-0.25, -0.2) is 9.67 Å². The molecule has 0 unspecified atom stereocenters. The molecule has 0 atom stereocenters. The van der Waals surface area contributed by atoms with E-state index in [0.717, 1.165) is 34.1 Å². The summed E-state index contributed by atoms with van der Waals surface area (Å²) in [5.41, 5.74) is 2.03. The van der Waals surface area contributed by atoms with Crippen LogP contribution in [0.4, 0.5) is 0 Å². The molecule has 26 heavy (non-hydrogen) atoms. The molecule has 136 valence electrons. The standard InChI is InChI=1S/C20H24BrN3OSi/c1-26(2,3)14-13-25-15-24-20(17-7-5-4-6-8-17)22-19(23-24)16-9-11-18(21)12-10-16/h4-12H,13-15H2,1-3H3. The molecule has 2 aromatic carbocycles. The summed E-state index contributed by atoms with van der Waals surface area (Å²) >= 11 is 3.47. The molecule has 0 aliphatic rings. The van der Waals surface area contributed by atoms with Crippen LogP contribution in [0.3, 0.4) is 0 Å². The van der Waals surface area contributed by atoms with E-state index in [1.807, 2.05) is 59.3 Å². The molecule has 3 rings (SSSR count). The van der Waals surface area contributed by atoms with Crippen LogP contribution in [-0.2, 0) is 11.5 Å². The van der Waals surface area contributed by atoms with E-state index in [2.05, 4.69) is 35.6 Å². The van der Waals surface area contributed by atoms with Gasteiger partial charge in [0, 0.05) is 30.3 Å². The lowest BCUT2D eigenvalue weighted by molar-refractivity contribution is 0.0797. The largest absolute Gasteiger partial charge is 0.359 e. The van der Waals surface area contributed by atoms with Crippen molar-refractivity contribution in [1.82, 2.24) is 14.8 Å². The van der Waals surface area contributed by atoms with Gasteiger partial charge in [0.2, 0.25) is 0 Å². The van der Waals surface area contributed by atoms with E-state index in [1.165, 1.54) is 0 Å². The van der Waals surface area contributed by atoms with Crippen LogP contribution in [0.2, 0.25) is 25.7 Å². The first-order valence-electron chi connectivity index (χ1n) is 8.76. The molecule has 4 nitrogen and oxygen atoms in total. The molecule has 0 saturated heterocycles. The Morgan fingerprint density at radius 2 is 1.65 bits per heavy atom. The average Bonchev–Trinajstić information content (AvgIpc) is 3.03. The lowest BCUT2D eigenvalue weighted by atomic mass is 10.2. The number of nitrogens with zero attached hydrogens (tertiary/aromatic N) is 3. The van der Waals surface area contributed by atoms with E-state index in [4.69, 9.17) is 14.8 Å². The van der Waals surface area contributed by atoms with E-state index in [-0.39, 0.29) is 0 Å². The molecule has 0 aliphatic carbocycles. The SMILES string of the molecule is C[Si](C)(C)CCOCn1nc(-c2ccc(Br)cc2)nc1-c1ccccc1. The smallest absolute Gasteiger partial charge is 0.181 e. The average molecular weight is 430 g/mol. The van der Waals surface area contributed by atoms with Crippen LogP contribution >= 0.6 is 15.9 Å². The number of hydrogen-bond acceptors (Lipinski definition) is 3. The van der Waals surface area contributed by atoms with Crippen LogP contribution in [0.5, 0.6) is 0 Å². The summed E-state index contributed by atoms with van der Waals surface area (Å²) in [6, 6.07) is 19.3. The molecule has 1 aromatic heterocycles. The van der Waals surface area contributed by atoms with Crippen molar-refractivity contribution in [3.05, 3.63) is 59.1 Å². The quantitative estimate of drug-likeness (QED) is 0.357. The monoisotopic (exact) mass is 429 g/mol. The molecule has 0 saturated carbocycles. The van der Waals surface area contributed by atoms with Gasteiger partial charge in [0.05, 0.1) is 0 Å². The third-order valence-electron chi connectivity index (χ3n) is 4.02. The molecule has 0 aliphatic heterocycles. The highest BCUT2D eigenvalue weighted by atomic mass is 79.9. The van der Waals surface area contributed by atoms with Crippen molar-refractivity contribution in [2.45, 2.75) is 32.4 Å². The summed E-state index contributed by atoms with van der Waals surface area (Å²) in [6.45, 7) is 8.24. The number of benzene rings is 2. The zero-order chi connectivity index (χ0) is 18.6. The summed E-state index contributed by atoms with van der Waals surface area (Å²) in [7, 11) is -1.10. The molecule has 0 radical (unpaired) electrons. The van der Waals surface area contributed by atoms with Gasteiger partial charge < -0.3 is 4.74 Å². The first kappa shape index (κ1) is 19.0. The lowest BCUT2D eigenvalue weighted by Gasteiger charge is -2.15. The van der Waals surface area contributed by atoms with Crippen molar-refractivity contribution in [3.8, 4) is 22.8 Å². The Balaban J connectivity index is 1.85. The second-order valence-electron chi connectivity index (χ2n) is 7.48. The van der Waals surface area contributed by atoms with Gasteiger partial charge in [0.1, 0.15) is 6.73 Å². The van der Waals surface area contributed by atoms with Gasteiger partial charge in [0.15, 0.2) is 11.6 Å². The van der Waals surface area contributed by atoms with E-state index in [0.29, 0.717) is 12.6 Å². The highest BCUT2D eigenvalue weighted by Gasteiger charge is 2.15. The molecule has 1 heterocycles. The highest BCUT2D eigenvalue weighted by molar-refractivity contribution is 9.10. The highest BCUT2D eigenvalue weighted by Crippen LogP contribution is 2.24. The number of hydrogen-bond donors (Lipinski definition) is 0. The zero-order valence-corrected chi connectivity index (χ0v) is 18.0. The first-order chi connectivity index (χ1) is 12.4. The second kappa shape index (κ2) is 8.29. The molecule has 0 N–H and O–H groups in total. The van der Waals surface area contributed by atoms with Crippen molar-refractivity contribution in [3.63, 3.8) is 0 Å². The molecule has 0 bridgehead atoms. The minimum absolute atomic E-state index is 0.415. The van der Waals surface area contributed by atoms with Crippen molar-refractivity contribution in [2.75, 3.05) is 6.61 Å². The van der Waals surface area contributed by atoms with Gasteiger partial charge in [-0.1, -0.05) is 78.0 Å². The third kappa shape index (κ3) is 5.12. The summed E-state index contributed by atoms with van der Waals surface area (Å²) in [5.74, 6) is 1.54. The fourth-order valence-corrected chi connectivity index (χ4v) is 3.50. The minimum Gasteiger partial charge on any atom is -0.359 e. The Hall–Kier alpha value is -1.76. The summed E-state index contributed by atoms with van der Waals surface area (Å²) in [5, 5.41) is 4.70. The third-order valence-corrected chi connectivity index (χ3v) is 6.25. The Labute approximate surface area is 164 Å². The van der Waals surface area contributed by atoms with Crippen LogP contribution in [0.15, 0.2) is 59.1 Å². The molecule has 3 aromatic rings. The maximum atomic E-state index is 5.91. The topological polar surface area (TPSA) is 39.9 Å². The van der Waals surface area contributed by atoms with E-state index in [9.17, 15) is 0 Å². The van der Waals surface area contributed by atoms with E-state index < -0.39 is 8.07 Å².